The number of likely N-dealkylation sites (tertiary alicyclic amines) is 1. The molecule has 3 heteroatoms. The van der Waals surface area contributed by atoms with E-state index in [9.17, 15) is 4.79 Å². The molecule has 3 nitrogen and oxygen atoms in total. The maximum absolute atomic E-state index is 12.5. The first-order valence-corrected chi connectivity index (χ1v) is 7.83. The molecule has 0 radical (unpaired) electrons. The molecule has 1 atom stereocenters. The lowest BCUT2D eigenvalue weighted by molar-refractivity contribution is 0.0760. The Morgan fingerprint density at radius 1 is 1.29 bits per heavy atom. The van der Waals surface area contributed by atoms with E-state index in [1.165, 1.54) is 12.8 Å². The zero-order chi connectivity index (χ0) is 15.1. The minimum atomic E-state index is 0.144. The van der Waals surface area contributed by atoms with E-state index in [2.05, 4.69) is 18.8 Å². The van der Waals surface area contributed by atoms with Crippen molar-refractivity contribution in [1.82, 2.24) is 4.90 Å². The Hall–Kier alpha value is -1.79. The second-order valence-corrected chi connectivity index (χ2v) is 5.58. The highest BCUT2D eigenvalue weighted by molar-refractivity contribution is 5.94. The lowest BCUT2D eigenvalue weighted by Crippen LogP contribution is -2.32. The van der Waals surface area contributed by atoms with Gasteiger partial charge in [-0.25, -0.2) is 0 Å². The summed E-state index contributed by atoms with van der Waals surface area (Å²) < 4.78 is 0. The van der Waals surface area contributed by atoms with Crippen LogP contribution in [0.2, 0.25) is 0 Å². The van der Waals surface area contributed by atoms with Gasteiger partial charge in [0.05, 0.1) is 6.54 Å². The molecule has 0 saturated carbocycles. The number of benzene rings is 1. The van der Waals surface area contributed by atoms with Crippen LogP contribution < -0.4 is 5.73 Å². The first kappa shape index (κ1) is 15.6. The Kier molecular flexibility index (Phi) is 5.83. The van der Waals surface area contributed by atoms with Crippen molar-refractivity contribution in [2.24, 2.45) is 11.7 Å². The smallest absolute Gasteiger partial charge is 0.253 e. The van der Waals surface area contributed by atoms with E-state index in [4.69, 9.17) is 5.73 Å². The fourth-order valence-corrected chi connectivity index (χ4v) is 2.81. The van der Waals surface area contributed by atoms with Crippen LogP contribution in [0.1, 0.15) is 48.5 Å². The largest absolute Gasteiger partial charge is 0.339 e. The van der Waals surface area contributed by atoms with Crippen molar-refractivity contribution in [3.05, 3.63) is 35.4 Å². The third-order valence-corrected chi connectivity index (χ3v) is 4.18. The molecule has 1 aromatic carbocycles. The average Bonchev–Trinajstić information content (AvgIpc) is 2.78. The maximum Gasteiger partial charge on any atom is 0.253 e. The third kappa shape index (κ3) is 4.34. The number of amides is 1. The number of nitrogens with two attached hydrogens (primary N) is 1. The van der Waals surface area contributed by atoms with Crippen LogP contribution in [0.25, 0.3) is 0 Å². The predicted octanol–water partition coefficient (Wildman–Crippen LogP) is 2.65. The highest BCUT2D eigenvalue weighted by Gasteiger charge is 2.20. The molecule has 1 aromatic rings. The van der Waals surface area contributed by atoms with Gasteiger partial charge >= 0.3 is 0 Å². The molecule has 112 valence electrons. The second-order valence-electron chi connectivity index (χ2n) is 5.58. The van der Waals surface area contributed by atoms with Crippen LogP contribution in [-0.4, -0.2) is 30.4 Å². The van der Waals surface area contributed by atoms with E-state index in [1.807, 2.05) is 29.2 Å². The lowest BCUT2D eigenvalue weighted by Gasteiger charge is -2.20. The maximum atomic E-state index is 12.5. The molecule has 0 bridgehead atoms. The molecule has 0 aliphatic carbocycles. The van der Waals surface area contributed by atoms with Gasteiger partial charge in [-0.3, -0.25) is 4.79 Å². The summed E-state index contributed by atoms with van der Waals surface area (Å²) in [6, 6.07) is 7.52. The summed E-state index contributed by atoms with van der Waals surface area (Å²) in [5.41, 5.74) is 7.01. The number of hydrogen-bond acceptors (Lipinski definition) is 2. The van der Waals surface area contributed by atoms with Gasteiger partial charge in [-0.05, 0) is 49.4 Å². The van der Waals surface area contributed by atoms with Gasteiger partial charge in [0.2, 0.25) is 0 Å². The first-order valence-electron chi connectivity index (χ1n) is 7.83. The van der Waals surface area contributed by atoms with Crippen molar-refractivity contribution < 1.29 is 4.79 Å². The summed E-state index contributed by atoms with van der Waals surface area (Å²) in [5.74, 6) is 6.71. The topological polar surface area (TPSA) is 46.3 Å². The molecule has 1 fully saturated rings. The van der Waals surface area contributed by atoms with Crippen molar-refractivity contribution in [2.45, 2.75) is 32.6 Å². The summed E-state index contributed by atoms with van der Waals surface area (Å²) in [7, 11) is 0. The summed E-state index contributed by atoms with van der Waals surface area (Å²) in [6.45, 7) is 4.35. The minimum Gasteiger partial charge on any atom is -0.339 e. The average molecular weight is 284 g/mol. The molecule has 2 rings (SSSR count). The molecule has 1 aliphatic heterocycles. The molecule has 0 aromatic heterocycles. The first-order chi connectivity index (χ1) is 10.2. The summed E-state index contributed by atoms with van der Waals surface area (Å²) in [5, 5.41) is 0. The molecule has 1 unspecified atom stereocenters. The van der Waals surface area contributed by atoms with Gasteiger partial charge in [-0.15, -0.1) is 0 Å². The Morgan fingerprint density at radius 3 is 2.71 bits per heavy atom. The van der Waals surface area contributed by atoms with Crippen LogP contribution in [0.15, 0.2) is 24.3 Å². The van der Waals surface area contributed by atoms with Gasteiger partial charge in [0, 0.05) is 24.2 Å². The Balaban J connectivity index is 2.02. The van der Waals surface area contributed by atoms with E-state index in [0.29, 0.717) is 6.54 Å². The van der Waals surface area contributed by atoms with Crippen molar-refractivity contribution in [1.29, 1.82) is 0 Å². The number of carbonyl (C=O) groups excluding carboxylic acids is 1. The van der Waals surface area contributed by atoms with Crippen molar-refractivity contribution in [3.63, 3.8) is 0 Å². The van der Waals surface area contributed by atoms with Gasteiger partial charge < -0.3 is 10.6 Å². The van der Waals surface area contributed by atoms with Crippen LogP contribution in [0, 0.1) is 17.8 Å². The third-order valence-electron chi connectivity index (χ3n) is 4.18. The molecular weight excluding hydrogens is 260 g/mol. The standard InChI is InChI=1S/C18H24N2O/c1-2-15-6-4-13-20(14-11-15)18(21)17-9-7-16(8-10-17)5-3-12-19/h7-10,15H,2,4,6,11-14,19H2,1H3. The monoisotopic (exact) mass is 284 g/mol. The van der Waals surface area contributed by atoms with Crippen LogP contribution in [0.5, 0.6) is 0 Å². The Bertz CT molecular complexity index is 524. The fourth-order valence-electron chi connectivity index (χ4n) is 2.81. The number of nitrogens with zero attached hydrogens (tertiary/aromatic N) is 1. The van der Waals surface area contributed by atoms with E-state index < -0.39 is 0 Å². The summed E-state index contributed by atoms with van der Waals surface area (Å²) in [4.78, 5) is 14.5. The van der Waals surface area contributed by atoms with Crippen LogP contribution in [0.3, 0.4) is 0 Å². The predicted molar refractivity (Wildman–Crippen MR) is 85.9 cm³/mol. The highest BCUT2D eigenvalue weighted by atomic mass is 16.2. The van der Waals surface area contributed by atoms with Gasteiger partial charge in [-0.2, -0.15) is 0 Å². The highest BCUT2D eigenvalue weighted by Crippen LogP contribution is 2.21. The zero-order valence-electron chi connectivity index (χ0n) is 12.8. The number of carbonyl (C=O) groups is 1. The summed E-state index contributed by atoms with van der Waals surface area (Å²) >= 11 is 0. The van der Waals surface area contributed by atoms with E-state index >= 15 is 0 Å². The molecule has 21 heavy (non-hydrogen) atoms. The molecule has 1 heterocycles. The molecule has 2 N–H and O–H groups in total. The van der Waals surface area contributed by atoms with Crippen molar-refractivity contribution >= 4 is 5.91 Å². The molecule has 1 amide bonds. The van der Waals surface area contributed by atoms with Crippen LogP contribution >= 0.6 is 0 Å². The SMILES string of the molecule is CCC1CCCN(C(=O)c2ccc(C#CCN)cc2)CC1. The van der Waals surface area contributed by atoms with Crippen LogP contribution in [0.4, 0.5) is 0 Å². The van der Waals surface area contributed by atoms with Crippen molar-refractivity contribution in [2.75, 3.05) is 19.6 Å². The van der Waals surface area contributed by atoms with Gasteiger partial charge in [0.25, 0.3) is 5.91 Å². The quantitative estimate of drug-likeness (QED) is 0.849. The van der Waals surface area contributed by atoms with Crippen molar-refractivity contribution in [3.8, 4) is 11.8 Å². The minimum absolute atomic E-state index is 0.144. The molecule has 1 saturated heterocycles. The Morgan fingerprint density at radius 2 is 2.05 bits per heavy atom. The van der Waals surface area contributed by atoms with E-state index in [0.717, 1.165) is 43.0 Å². The summed E-state index contributed by atoms with van der Waals surface area (Å²) in [6.07, 6.45) is 4.71. The van der Waals surface area contributed by atoms with Gasteiger partial charge in [-0.1, -0.05) is 25.2 Å². The fraction of sp³-hybridized carbons (Fsp3) is 0.500. The number of rotatable bonds is 2. The van der Waals surface area contributed by atoms with E-state index in [1.54, 1.807) is 0 Å². The Labute approximate surface area is 127 Å². The number of hydrogen-bond donors (Lipinski definition) is 1. The molecule has 0 spiro atoms. The zero-order valence-corrected chi connectivity index (χ0v) is 12.8. The van der Waals surface area contributed by atoms with Crippen LogP contribution in [-0.2, 0) is 0 Å². The van der Waals surface area contributed by atoms with E-state index in [-0.39, 0.29) is 5.91 Å². The van der Waals surface area contributed by atoms with Gasteiger partial charge in [0.1, 0.15) is 0 Å². The molecule has 1 aliphatic rings. The molecular formula is C18H24N2O. The normalized spacial score (nSPS) is 18.6. The lowest BCUT2D eigenvalue weighted by atomic mass is 9.98. The van der Waals surface area contributed by atoms with Gasteiger partial charge in [0.15, 0.2) is 0 Å². The second kappa shape index (κ2) is 7.85.